The molecule has 0 spiro atoms. The number of aliphatic imine (C=N–C) groups is 1. The molecule has 28 heavy (non-hydrogen) atoms. The quantitative estimate of drug-likeness (QED) is 0.568. The fourth-order valence-corrected chi connectivity index (χ4v) is 3.41. The molecule has 0 bridgehead atoms. The van der Waals surface area contributed by atoms with E-state index >= 15 is 0 Å². The molecule has 2 aromatic rings. The van der Waals surface area contributed by atoms with Gasteiger partial charge in [-0.15, -0.1) is 0 Å². The van der Waals surface area contributed by atoms with Crippen LogP contribution in [0.3, 0.4) is 0 Å². The third-order valence-corrected chi connectivity index (χ3v) is 5.15. The Labute approximate surface area is 167 Å². The smallest absolute Gasteiger partial charge is 0.193 e. The van der Waals surface area contributed by atoms with Gasteiger partial charge in [0, 0.05) is 18.8 Å². The first kappa shape index (κ1) is 20.0. The molecule has 0 aliphatic carbocycles. The summed E-state index contributed by atoms with van der Waals surface area (Å²) in [7, 11) is 3.35. The Bertz CT molecular complexity index is 751. The Morgan fingerprint density at radius 3 is 2.14 bits per heavy atom. The zero-order valence-corrected chi connectivity index (χ0v) is 16.7. The Balaban J connectivity index is 1.41. The number of anilines is 1. The number of hydrogen-bond donors (Lipinski definition) is 2. The van der Waals surface area contributed by atoms with E-state index < -0.39 is 0 Å². The monoisotopic (exact) mass is 382 g/mol. The van der Waals surface area contributed by atoms with Crippen LogP contribution in [0.5, 0.6) is 11.5 Å². The van der Waals surface area contributed by atoms with Crippen molar-refractivity contribution in [1.82, 2.24) is 4.90 Å². The number of nitrogens with zero attached hydrogens (tertiary/aromatic N) is 2. The number of nitrogens with one attached hydrogen (secondary N) is 1. The highest BCUT2D eigenvalue weighted by Crippen LogP contribution is 2.20. The van der Waals surface area contributed by atoms with Gasteiger partial charge < -0.3 is 20.5 Å². The van der Waals surface area contributed by atoms with Crippen LogP contribution >= 0.6 is 0 Å². The second-order valence-electron chi connectivity index (χ2n) is 7.15. The first-order valence-corrected chi connectivity index (χ1v) is 9.72. The molecular formula is C22H30N4O2. The van der Waals surface area contributed by atoms with Gasteiger partial charge in [-0.2, -0.15) is 0 Å². The summed E-state index contributed by atoms with van der Waals surface area (Å²) >= 11 is 0. The van der Waals surface area contributed by atoms with Gasteiger partial charge in [-0.1, -0.05) is 12.1 Å². The third-order valence-electron chi connectivity index (χ3n) is 5.15. The van der Waals surface area contributed by atoms with E-state index in [4.69, 9.17) is 15.2 Å². The van der Waals surface area contributed by atoms with Crippen molar-refractivity contribution in [3.8, 4) is 11.5 Å². The summed E-state index contributed by atoms with van der Waals surface area (Å²) in [6, 6.07) is 16.0. The van der Waals surface area contributed by atoms with E-state index in [-0.39, 0.29) is 0 Å². The summed E-state index contributed by atoms with van der Waals surface area (Å²) in [4.78, 5) is 7.03. The first-order chi connectivity index (χ1) is 13.7. The summed E-state index contributed by atoms with van der Waals surface area (Å²) in [6.07, 6.45) is 2.30. The molecule has 6 heteroatoms. The second-order valence-corrected chi connectivity index (χ2v) is 7.15. The molecule has 0 atom stereocenters. The van der Waals surface area contributed by atoms with Crippen LogP contribution in [0.25, 0.3) is 0 Å². The highest BCUT2D eigenvalue weighted by Gasteiger charge is 2.19. The summed E-state index contributed by atoms with van der Waals surface area (Å²) < 4.78 is 10.4. The van der Waals surface area contributed by atoms with E-state index in [0.29, 0.717) is 11.9 Å². The molecule has 0 unspecified atom stereocenters. The molecule has 1 saturated heterocycles. The van der Waals surface area contributed by atoms with E-state index in [1.54, 1.807) is 14.2 Å². The van der Waals surface area contributed by atoms with E-state index in [2.05, 4.69) is 27.3 Å². The predicted molar refractivity (Wildman–Crippen MR) is 114 cm³/mol. The lowest BCUT2D eigenvalue weighted by atomic mass is 9.96. The van der Waals surface area contributed by atoms with Gasteiger partial charge in [-0.3, -0.25) is 9.89 Å². The van der Waals surface area contributed by atoms with Crippen LogP contribution in [0.1, 0.15) is 18.4 Å². The molecule has 1 fully saturated rings. The van der Waals surface area contributed by atoms with Crippen molar-refractivity contribution < 1.29 is 9.47 Å². The second kappa shape index (κ2) is 9.99. The predicted octanol–water partition coefficient (Wildman–Crippen LogP) is 3.34. The van der Waals surface area contributed by atoms with Crippen molar-refractivity contribution in [3.63, 3.8) is 0 Å². The average molecular weight is 383 g/mol. The molecule has 6 nitrogen and oxygen atoms in total. The molecule has 0 amide bonds. The highest BCUT2D eigenvalue weighted by atomic mass is 16.5. The van der Waals surface area contributed by atoms with Crippen molar-refractivity contribution in [3.05, 3.63) is 54.1 Å². The maximum absolute atomic E-state index is 6.03. The van der Waals surface area contributed by atoms with Crippen molar-refractivity contribution >= 4 is 11.6 Å². The fourth-order valence-electron chi connectivity index (χ4n) is 3.41. The maximum atomic E-state index is 6.03. The van der Waals surface area contributed by atoms with Crippen LogP contribution in [0, 0.1) is 5.92 Å². The Morgan fingerprint density at radius 2 is 1.57 bits per heavy atom. The average Bonchev–Trinajstić information content (AvgIpc) is 2.74. The lowest BCUT2D eigenvalue weighted by Gasteiger charge is -2.31. The lowest BCUT2D eigenvalue weighted by Crippen LogP contribution is -2.34. The standard InChI is InChI=1S/C22H30N4O2/c1-27-20-7-3-18(4-8-20)16-26-13-11-17(12-14-26)15-24-22(23)25-19-5-9-21(28-2)10-6-19/h3-10,17H,11-16H2,1-2H3,(H3,23,24,25). The molecule has 0 saturated carbocycles. The van der Waals surface area contributed by atoms with Gasteiger partial charge in [0.05, 0.1) is 14.2 Å². The SMILES string of the molecule is COc1ccc(CN2CCC(CN=C(N)Nc3ccc(OC)cc3)CC2)cc1. The van der Waals surface area contributed by atoms with E-state index in [1.165, 1.54) is 5.56 Å². The zero-order valence-electron chi connectivity index (χ0n) is 16.7. The molecule has 3 N–H and O–H groups in total. The van der Waals surface area contributed by atoms with Crippen LogP contribution in [-0.4, -0.2) is 44.7 Å². The van der Waals surface area contributed by atoms with Crippen LogP contribution in [0.4, 0.5) is 5.69 Å². The van der Waals surface area contributed by atoms with Crippen LogP contribution in [-0.2, 0) is 6.54 Å². The molecule has 0 radical (unpaired) electrons. The van der Waals surface area contributed by atoms with E-state index in [1.807, 2.05) is 36.4 Å². The number of guanidine groups is 1. The molecule has 3 rings (SSSR count). The van der Waals surface area contributed by atoms with Gasteiger partial charge >= 0.3 is 0 Å². The van der Waals surface area contributed by atoms with Crippen molar-refractivity contribution in [2.75, 3.05) is 39.2 Å². The molecule has 0 aromatic heterocycles. The molecule has 1 heterocycles. The van der Waals surface area contributed by atoms with Crippen molar-refractivity contribution in [2.45, 2.75) is 19.4 Å². The summed E-state index contributed by atoms with van der Waals surface area (Å²) in [5.74, 6) is 2.78. The number of methoxy groups -OCH3 is 2. The van der Waals surface area contributed by atoms with Crippen molar-refractivity contribution in [1.29, 1.82) is 0 Å². The number of ether oxygens (including phenoxy) is 2. The Morgan fingerprint density at radius 1 is 1.00 bits per heavy atom. The van der Waals surface area contributed by atoms with Gasteiger partial charge in [-0.25, -0.2) is 0 Å². The van der Waals surface area contributed by atoms with Gasteiger partial charge in [0.2, 0.25) is 0 Å². The first-order valence-electron chi connectivity index (χ1n) is 9.72. The molecular weight excluding hydrogens is 352 g/mol. The largest absolute Gasteiger partial charge is 0.497 e. The molecule has 1 aliphatic rings. The number of rotatable bonds is 7. The fraction of sp³-hybridized carbons (Fsp3) is 0.409. The molecule has 1 aliphatic heterocycles. The summed E-state index contributed by atoms with van der Waals surface area (Å²) in [6.45, 7) is 3.95. The van der Waals surface area contributed by atoms with Gasteiger partial charge in [0.15, 0.2) is 5.96 Å². The minimum absolute atomic E-state index is 0.464. The van der Waals surface area contributed by atoms with Crippen LogP contribution in [0.2, 0.25) is 0 Å². The van der Waals surface area contributed by atoms with Crippen molar-refractivity contribution in [2.24, 2.45) is 16.6 Å². The lowest BCUT2D eigenvalue weighted by molar-refractivity contribution is 0.180. The number of likely N-dealkylation sites (tertiary alicyclic amines) is 1. The third kappa shape index (κ3) is 5.89. The van der Waals surface area contributed by atoms with Gasteiger partial charge in [0.1, 0.15) is 11.5 Å². The molecule has 150 valence electrons. The summed E-state index contributed by atoms with van der Waals surface area (Å²) in [5.41, 5.74) is 8.27. The van der Waals surface area contributed by atoms with Crippen LogP contribution in [0.15, 0.2) is 53.5 Å². The minimum atomic E-state index is 0.464. The topological polar surface area (TPSA) is 72.1 Å². The number of nitrogens with two attached hydrogens (primary N) is 1. The van der Waals surface area contributed by atoms with E-state index in [0.717, 1.165) is 56.2 Å². The number of benzene rings is 2. The zero-order chi connectivity index (χ0) is 19.8. The number of hydrogen-bond acceptors (Lipinski definition) is 4. The minimum Gasteiger partial charge on any atom is -0.497 e. The normalized spacial score (nSPS) is 16.0. The van der Waals surface area contributed by atoms with E-state index in [9.17, 15) is 0 Å². The Hall–Kier alpha value is -2.73. The Kier molecular flexibility index (Phi) is 7.14. The van der Waals surface area contributed by atoms with Gasteiger partial charge in [0.25, 0.3) is 0 Å². The highest BCUT2D eigenvalue weighted by molar-refractivity contribution is 5.92. The molecule has 2 aromatic carbocycles. The summed E-state index contributed by atoms with van der Waals surface area (Å²) in [5, 5.41) is 3.14. The van der Waals surface area contributed by atoms with Gasteiger partial charge in [-0.05, 0) is 73.8 Å². The van der Waals surface area contributed by atoms with Crippen LogP contribution < -0.4 is 20.5 Å². The number of piperidine rings is 1. The maximum Gasteiger partial charge on any atom is 0.193 e.